The van der Waals surface area contributed by atoms with Crippen LogP contribution in [0.25, 0.3) is 0 Å². The van der Waals surface area contributed by atoms with Gasteiger partial charge in [0.05, 0.1) is 12.7 Å². The summed E-state index contributed by atoms with van der Waals surface area (Å²) in [4.78, 5) is 12.2. The number of hydrogen-bond acceptors (Lipinski definition) is 2. The highest BCUT2D eigenvalue weighted by Crippen LogP contribution is 2.49. The lowest BCUT2D eigenvalue weighted by molar-refractivity contribution is -0.122. The average molecular weight is 315 g/mol. The van der Waals surface area contributed by atoms with Crippen LogP contribution in [-0.2, 0) is 22.7 Å². The van der Waals surface area contributed by atoms with Crippen LogP contribution in [0.15, 0.2) is 24.3 Å². The summed E-state index contributed by atoms with van der Waals surface area (Å²) in [5.41, 5.74) is 2.33. The third-order valence-electron chi connectivity index (χ3n) is 5.43. The fourth-order valence-corrected chi connectivity index (χ4v) is 4.15. The highest BCUT2D eigenvalue weighted by molar-refractivity contribution is 5.76. The van der Waals surface area contributed by atoms with E-state index < -0.39 is 0 Å². The first kappa shape index (κ1) is 16.5. The topological polar surface area (TPSA) is 38.3 Å². The number of amides is 1. The van der Waals surface area contributed by atoms with Crippen molar-refractivity contribution in [3.05, 3.63) is 35.4 Å². The second-order valence-corrected chi connectivity index (χ2v) is 7.59. The molecule has 1 amide bonds. The Morgan fingerprint density at radius 3 is 2.52 bits per heavy atom. The molecule has 1 aromatic rings. The summed E-state index contributed by atoms with van der Waals surface area (Å²) in [6, 6.07) is 8.33. The summed E-state index contributed by atoms with van der Waals surface area (Å²) in [5, 5.41) is 3.08. The normalized spacial score (nSPS) is 26.0. The minimum absolute atomic E-state index is 0.217. The molecular weight excluding hydrogens is 286 g/mol. The molecule has 1 aromatic carbocycles. The van der Waals surface area contributed by atoms with Gasteiger partial charge in [0.15, 0.2) is 0 Å². The van der Waals surface area contributed by atoms with Gasteiger partial charge in [0.2, 0.25) is 5.91 Å². The number of nitrogens with one attached hydrogen (secondary N) is 1. The van der Waals surface area contributed by atoms with Crippen molar-refractivity contribution >= 4 is 5.91 Å². The Hall–Kier alpha value is -1.35. The van der Waals surface area contributed by atoms with Crippen molar-refractivity contribution in [3.63, 3.8) is 0 Å². The lowest BCUT2D eigenvalue weighted by Gasteiger charge is -2.20. The monoisotopic (exact) mass is 315 g/mol. The zero-order chi connectivity index (χ0) is 16.2. The molecule has 0 aromatic heterocycles. The molecule has 3 atom stereocenters. The van der Waals surface area contributed by atoms with Gasteiger partial charge in [-0.25, -0.2) is 0 Å². The Morgan fingerprint density at radius 2 is 1.91 bits per heavy atom. The first-order valence-corrected chi connectivity index (χ1v) is 9.06. The summed E-state index contributed by atoms with van der Waals surface area (Å²) < 4.78 is 5.59. The van der Waals surface area contributed by atoms with Gasteiger partial charge in [0.25, 0.3) is 0 Å². The first-order chi connectivity index (χ1) is 11.1. The summed E-state index contributed by atoms with van der Waals surface area (Å²) >= 11 is 0. The van der Waals surface area contributed by atoms with Crippen LogP contribution in [0.3, 0.4) is 0 Å². The molecule has 0 unspecified atom stereocenters. The molecule has 126 valence electrons. The minimum Gasteiger partial charge on any atom is -0.374 e. The maximum absolute atomic E-state index is 12.2. The summed E-state index contributed by atoms with van der Waals surface area (Å²) in [5.74, 6) is 2.60. The lowest BCUT2D eigenvalue weighted by Crippen LogP contribution is -2.26. The average Bonchev–Trinajstić information content (AvgIpc) is 3.14. The molecule has 3 nitrogen and oxygen atoms in total. The molecule has 2 fully saturated rings. The Balaban J connectivity index is 1.40. The van der Waals surface area contributed by atoms with Crippen molar-refractivity contribution in [3.8, 4) is 0 Å². The van der Waals surface area contributed by atoms with E-state index >= 15 is 0 Å². The molecule has 0 radical (unpaired) electrons. The van der Waals surface area contributed by atoms with E-state index in [9.17, 15) is 4.79 Å². The van der Waals surface area contributed by atoms with Crippen LogP contribution in [-0.4, -0.2) is 12.0 Å². The molecule has 0 aliphatic heterocycles. The molecule has 0 heterocycles. The van der Waals surface area contributed by atoms with Gasteiger partial charge in [-0.3, -0.25) is 4.79 Å². The van der Waals surface area contributed by atoms with Gasteiger partial charge >= 0.3 is 0 Å². The van der Waals surface area contributed by atoms with Gasteiger partial charge in [0, 0.05) is 13.0 Å². The van der Waals surface area contributed by atoms with E-state index in [1.165, 1.54) is 31.2 Å². The van der Waals surface area contributed by atoms with Crippen molar-refractivity contribution in [1.29, 1.82) is 0 Å². The van der Waals surface area contributed by atoms with E-state index in [4.69, 9.17) is 4.74 Å². The fraction of sp³-hybridized carbons (Fsp3) is 0.650. The summed E-state index contributed by atoms with van der Waals surface area (Å²) in [6.07, 6.45) is 6.37. The molecule has 1 N–H and O–H groups in total. The standard InChI is InChI=1S/C20H29NO2/c1-14(2)23-13-16-5-3-15(4-6-16)12-21-20(22)11-19-10-17-7-8-18(19)9-17/h3-6,14,17-19H,7-13H2,1-2H3,(H,21,22)/t17-,18+,19-/m0/s1. The molecule has 3 rings (SSSR count). The largest absolute Gasteiger partial charge is 0.374 e. The summed E-state index contributed by atoms with van der Waals surface area (Å²) in [6.45, 7) is 5.36. The first-order valence-electron chi connectivity index (χ1n) is 9.06. The lowest BCUT2D eigenvalue weighted by atomic mass is 9.86. The van der Waals surface area contributed by atoms with Gasteiger partial charge in [-0.05, 0) is 62.0 Å². The van der Waals surface area contributed by atoms with E-state index in [-0.39, 0.29) is 12.0 Å². The van der Waals surface area contributed by atoms with Gasteiger partial charge in [0.1, 0.15) is 0 Å². The number of benzene rings is 1. The number of carbonyl (C=O) groups excluding carboxylic acids is 1. The highest BCUT2D eigenvalue weighted by atomic mass is 16.5. The molecule has 3 heteroatoms. The predicted molar refractivity (Wildman–Crippen MR) is 91.8 cm³/mol. The molecule has 2 saturated carbocycles. The summed E-state index contributed by atoms with van der Waals surface area (Å²) in [7, 11) is 0. The van der Waals surface area contributed by atoms with Crippen LogP contribution in [0, 0.1) is 17.8 Å². The van der Waals surface area contributed by atoms with Crippen molar-refractivity contribution < 1.29 is 9.53 Å². The number of fused-ring (bicyclic) bond motifs is 2. The Bertz CT molecular complexity index is 523. The van der Waals surface area contributed by atoms with E-state index in [1.54, 1.807) is 0 Å². The molecule has 2 bridgehead atoms. The fourth-order valence-electron chi connectivity index (χ4n) is 4.15. The van der Waals surface area contributed by atoms with Crippen LogP contribution in [0.4, 0.5) is 0 Å². The zero-order valence-electron chi connectivity index (χ0n) is 14.4. The maximum atomic E-state index is 12.2. The maximum Gasteiger partial charge on any atom is 0.220 e. The van der Waals surface area contributed by atoms with E-state index in [1.807, 2.05) is 13.8 Å². The number of ether oxygens (including phenoxy) is 1. The van der Waals surface area contributed by atoms with E-state index in [0.717, 1.165) is 23.8 Å². The third-order valence-corrected chi connectivity index (χ3v) is 5.43. The van der Waals surface area contributed by atoms with Gasteiger partial charge in [-0.2, -0.15) is 0 Å². The molecule has 0 spiro atoms. The van der Waals surface area contributed by atoms with Gasteiger partial charge in [-0.15, -0.1) is 0 Å². The SMILES string of the molecule is CC(C)OCc1ccc(CNC(=O)C[C@@H]2C[C@H]3CC[C@@H]2C3)cc1. The van der Waals surface area contributed by atoms with E-state index in [0.29, 0.717) is 19.1 Å². The number of rotatable bonds is 7. The highest BCUT2D eigenvalue weighted by Gasteiger charge is 2.39. The van der Waals surface area contributed by atoms with Crippen LogP contribution in [0.1, 0.15) is 57.1 Å². The zero-order valence-corrected chi connectivity index (χ0v) is 14.4. The van der Waals surface area contributed by atoms with Crippen LogP contribution in [0.2, 0.25) is 0 Å². The molecule has 2 aliphatic carbocycles. The molecule has 0 saturated heterocycles. The Morgan fingerprint density at radius 1 is 1.17 bits per heavy atom. The van der Waals surface area contributed by atoms with Crippen molar-refractivity contribution in [2.24, 2.45) is 17.8 Å². The van der Waals surface area contributed by atoms with Gasteiger partial charge in [-0.1, -0.05) is 30.7 Å². The Kier molecular flexibility index (Phi) is 5.37. The third kappa shape index (κ3) is 4.57. The van der Waals surface area contributed by atoms with Crippen LogP contribution < -0.4 is 5.32 Å². The minimum atomic E-state index is 0.217. The quantitative estimate of drug-likeness (QED) is 0.824. The molecule has 2 aliphatic rings. The van der Waals surface area contributed by atoms with Gasteiger partial charge < -0.3 is 10.1 Å². The second-order valence-electron chi connectivity index (χ2n) is 7.59. The second kappa shape index (κ2) is 7.48. The predicted octanol–water partition coefficient (Wildman–Crippen LogP) is 4.05. The molecular formula is C20H29NO2. The smallest absolute Gasteiger partial charge is 0.220 e. The van der Waals surface area contributed by atoms with Crippen molar-refractivity contribution in [2.45, 2.75) is 65.2 Å². The van der Waals surface area contributed by atoms with Crippen LogP contribution >= 0.6 is 0 Å². The molecule has 23 heavy (non-hydrogen) atoms. The van der Waals surface area contributed by atoms with E-state index in [2.05, 4.69) is 29.6 Å². The Labute approximate surface area is 139 Å². The van der Waals surface area contributed by atoms with Crippen molar-refractivity contribution in [1.82, 2.24) is 5.32 Å². The van der Waals surface area contributed by atoms with Crippen LogP contribution in [0.5, 0.6) is 0 Å². The number of hydrogen-bond donors (Lipinski definition) is 1. The number of carbonyl (C=O) groups is 1. The van der Waals surface area contributed by atoms with Crippen molar-refractivity contribution in [2.75, 3.05) is 0 Å².